The number of para-hydroxylation sites is 1. The van der Waals surface area contributed by atoms with Gasteiger partial charge in [-0.3, -0.25) is 9.59 Å². The Hall–Kier alpha value is -4.64. The Morgan fingerprint density at radius 2 is 1.34 bits per heavy atom. The number of nitrogens with zero attached hydrogens (tertiary/aromatic N) is 2. The average Bonchev–Trinajstić information content (AvgIpc) is 3.33. The molecule has 5 rings (SSSR count). The van der Waals surface area contributed by atoms with Gasteiger partial charge in [0.1, 0.15) is 6.54 Å². The Balaban J connectivity index is 1.34. The van der Waals surface area contributed by atoms with Gasteiger partial charge in [0.15, 0.2) is 0 Å². The molecule has 1 N–H and O–H groups in total. The summed E-state index contributed by atoms with van der Waals surface area (Å²) < 4.78 is 2.16. The summed E-state index contributed by atoms with van der Waals surface area (Å²) in [5.74, 6) is -1.35. The van der Waals surface area contributed by atoms with E-state index in [9.17, 15) is 14.7 Å². The molecule has 0 aliphatic rings. The lowest BCUT2D eigenvalue weighted by Gasteiger charge is -2.21. The van der Waals surface area contributed by atoms with Crippen molar-refractivity contribution >= 4 is 22.8 Å². The van der Waals surface area contributed by atoms with Crippen molar-refractivity contribution in [3.63, 3.8) is 0 Å². The van der Waals surface area contributed by atoms with Gasteiger partial charge in [0.2, 0.25) is 0 Å². The van der Waals surface area contributed by atoms with E-state index in [4.69, 9.17) is 0 Å². The molecule has 5 aromatic rings. The van der Waals surface area contributed by atoms with Crippen LogP contribution in [0.3, 0.4) is 0 Å². The second kappa shape index (κ2) is 9.69. The van der Waals surface area contributed by atoms with Crippen molar-refractivity contribution in [2.75, 3.05) is 6.54 Å². The maximum atomic E-state index is 13.1. The van der Waals surface area contributed by atoms with E-state index >= 15 is 0 Å². The highest BCUT2D eigenvalue weighted by molar-refractivity contribution is 5.96. The Morgan fingerprint density at radius 3 is 2.03 bits per heavy atom. The molecule has 0 radical (unpaired) electrons. The fraction of sp³-hybridized carbons (Fsp3) is 0.0667. The van der Waals surface area contributed by atoms with Crippen LogP contribution in [-0.4, -0.2) is 33.0 Å². The van der Waals surface area contributed by atoms with E-state index in [0.29, 0.717) is 5.56 Å². The van der Waals surface area contributed by atoms with E-state index in [0.717, 1.165) is 27.9 Å². The summed E-state index contributed by atoms with van der Waals surface area (Å²) in [5, 5.41) is 10.5. The van der Waals surface area contributed by atoms with Gasteiger partial charge < -0.3 is 14.6 Å². The van der Waals surface area contributed by atoms with E-state index in [1.54, 1.807) is 12.1 Å². The van der Waals surface area contributed by atoms with Crippen LogP contribution in [0.25, 0.3) is 27.7 Å². The molecule has 5 nitrogen and oxygen atoms in total. The number of hydrogen-bond donors (Lipinski definition) is 1. The zero-order valence-corrected chi connectivity index (χ0v) is 19.0. The Labute approximate surface area is 203 Å². The quantitative estimate of drug-likeness (QED) is 0.323. The summed E-state index contributed by atoms with van der Waals surface area (Å²) in [6, 6.07) is 35.4. The van der Waals surface area contributed by atoms with Crippen LogP contribution in [0.2, 0.25) is 0 Å². The van der Waals surface area contributed by atoms with Crippen LogP contribution in [-0.2, 0) is 11.3 Å². The van der Waals surface area contributed by atoms with E-state index in [1.807, 2.05) is 54.6 Å². The number of carboxylic acids is 1. The lowest BCUT2D eigenvalue weighted by molar-refractivity contribution is -0.137. The maximum Gasteiger partial charge on any atom is 0.323 e. The molecule has 0 unspecified atom stereocenters. The Kier molecular flexibility index (Phi) is 6.14. The van der Waals surface area contributed by atoms with Gasteiger partial charge in [-0.1, -0.05) is 72.8 Å². The molecule has 172 valence electrons. The summed E-state index contributed by atoms with van der Waals surface area (Å²) in [7, 11) is 0. The van der Waals surface area contributed by atoms with Gasteiger partial charge in [-0.05, 0) is 58.5 Å². The Bertz CT molecular complexity index is 1470. The highest BCUT2D eigenvalue weighted by Gasteiger charge is 2.19. The fourth-order valence-corrected chi connectivity index (χ4v) is 4.28. The standard InChI is InChI=1S/C30H24N2O3/c33-29(34)21-31(20-22-6-2-1-3-7-22)30(35)26-12-10-23(11-13-26)24-14-16-27(17-15-24)32-19-18-25-8-4-5-9-28(25)32/h1-19H,20-21H2,(H,33,34). The van der Waals surface area contributed by atoms with Crippen LogP contribution in [0, 0.1) is 0 Å². The molecule has 1 heterocycles. The van der Waals surface area contributed by atoms with Crippen LogP contribution in [0.15, 0.2) is 115 Å². The number of carboxylic acid groups (broad SMARTS) is 1. The van der Waals surface area contributed by atoms with Crippen LogP contribution >= 0.6 is 0 Å². The summed E-state index contributed by atoms with van der Waals surface area (Å²) >= 11 is 0. The van der Waals surface area contributed by atoms with E-state index in [2.05, 4.69) is 53.2 Å². The van der Waals surface area contributed by atoms with Gasteiger partial charge in [0, 0.05) is 24.0 Å². The molecule has 0 saturated carbocycles. The highest BCUT2D eigenvalue weighted by atomic mass is 16.4. The molecule has 0 aliphatic carbocycles. The second-order valence-corrected chi connectivity index (χ2v) is 8.41. The minimum Gasteiger partial charge on any atom is -0.480 e. The van der Waals surface area contributed by atoms with Crippen molar-refractivity contribution < 1.29 is 14.7 Å². The molecule has 5 heteroatoms. The largest absolute Gasteiger partial charge is 0.480 e. The first-order valence-corrected chi connectivity index (χ1v) is 11.4. The number of fused-ring (bicyclic) bond motifs is 1. The third-order valence-corrected chi connectivity index (χ3v) is 6.04. The van der Waals surface area contributed by atoms with Crippen LogP contribution in [0.5, 0.6) is 0 Å². The third kappa shape index (κ3) is 4.84. The van der Waals surface area contributed by atoms with Gasteiger partial charge in [-0.2, -0.15) is 0 Å². The lowest BCUT2D eigenvalue weighted by Crippen LogP contribution is -2.35. The number of aromatic nitrogens is 1. The molecular formula is C30H24N2O3. The first-order chi connectivity index (χ1) is 17.1. The summed E-state index contributed by atoms with van der Waals surface area (Å²) in [4.78, 5) is 25.8. The van der Waals surface area contributed by atoms with E-state index in [-0.39, 0.29) is 19.0 Å². The molecule has 0 spiro atoms. The summed E-state index contributed by atoms with van der Waals surface area (Å²) in [5.41, 5.74) is 5.60. The molecular weight excluding hydrogens is 436 g/mol. The van der Waals surface area contributed by atoms with Crippen molar-refractivity contribution in [2.24, 2.45) is 0 Å². The number of carbonyl (C=O) groups is 2. The smallest absolute Gasteiger partial charge is 0.323 e. The van der Waals surface area contributed by atoms with Gasteiger partial charge >= 0.3 is 5.97 Å². The number of aliphatic carboxylic acids is 1. The monoisotopic (exact) mass is 460 g/mol. The first kappa shape index (κ1) is 22.2. The normalized spacial score (nSPS) is 10.9. The molecule has 1 aromatic heterocycles. The average molecular weight is 461 g/mol. The number of carbonyl (C=O) groups excluding carboxylic acids is 1. The first-order valence-electron chi connectivity index (χ1n) is 11.4. The molecule has 4 aromatic carbocycles. The zero-order chi connectivity index (χ0) is 24.2. The van der Waals surface area contributed by atoms with Gasteiger partial charge in [0.05, 0.1) is 5.52 Å². The third-order valence-electron chi connectivity index (χ3n) is 6.04. The van der Waals surface area contributed by atoms with Gasteiger partial charge in [-0.25, -0.2) is 0 Å². The van der Waals surface area contributed by atoms with Crippen molar-refractivity contribution in [1.82, 2.24) is 9.47 Å². The number of rotatable bonds is 7. The SMILES string of the molecule is O=C(O)CN(Cc1ccccc1)C(=O)c1ccc(-c2ccc(-n3ccc4ccccc43)cc2)cc1. The fourth-order valence-electron chi connectivity index (χ4n) is 4.28. The minimum absolute atomic E-state index is 0.239. The summed E-state index contributed by atoms with van der Waals surface area (Å²) in [6.07, 6.45) is 2.07. The van der Waals surface area contributed by atoms with Crippen molar-refractivity contribution in [2.45, 2.75) is 6.54 Å². The summed E-state index contributed by atoms with van der Waals surface area (Å²) in [6.45, 7) is -0.117. The predicted octanol–water partition coefficient (Wildman–Crippen LogP) is 6.02. The van der Waals surface area contributed by atoms with Crippen LogP contribution in [0.4, 0.5) is 0 Å². The van der Waals surface area contributed by atoms with E-state index < -0.39 is 5.97 Å². The number of amides is 1. The Morgan fingerprint density at radius 1 is 0.714 bits per heavy atom. The van der Waals surface area contributed by atoms with Gasteiger partial charge in [-0.15, -0.1) is 0 Å². The molecule has 0 fully saturated rings. The topological polar surface area (TPSA) is 62.5 Å². The van der Waals surface area contributed by atoms with Crippen LogP contribution in [0.1, 0.15) is 15.9 Å². The van der Waals surface area contributed by atoms with E-state index in [1.165, 1.54) is 10.3 Å². The molecule has 1 amide bonds. The zero-order valence-electron chi connectivity index (χ0n) is 19.0. The molecule has 0 saturated heterocycles. The van der Waals surface area contributed by atoms with Crippen LogP contribution < -0.4 is 0 Å². The van der Waals surface area contributed by atoms with Crippen molar-refractivity contribution in [3.8, 4) is 16.8 Å². The van der Waals surface area contributed by atoms with Crippen molar-refractivity contribution in [3.05, 3.63) is 127 Å². The number of hydrogen-bond acceptors (Lipinski definition) is 2. The number of benzene rings is 4. The lowest BCUT2D eigenvalue weighted by atomic mass is 10.0. The molecule has 0 bridgehead atoms. The molecule has 35 heavy (non-hydrogen) atoms. The molecule has 0 aliphatic heterocycles. The van der Waals surface area contributed by atoms with Crippen molar-refractivity contribution in [1.29, 1.82) is 0 Å². The van der Waals surface area contributed by atoms with Gasteiger partial charge in [0.25, 0.3) is 5.91 Å². The minimum atomic E-state index is -1.04. The predicted molar refractivity (Wildman–Crippen MR) is 138 cm³/mol. The highest BCUT2D eigenvalue weighted by Crippen LogP contribution is 2.25. The maximum absolute atomic E-state index is 13.1. The molecule has 0 atom stereocenters. The second-order valence-electron chi connectivity index (χ2n) is 8.41.